The van der Waals surface area contributed by atoms with Crippen LogP contribution in [0.4, 0.5) is 10.8 Å². The third-order valence-electron chi connectivity index (χ3n) is 3.06. The summed E-state index contributed by atoms with van der Waals surface area (Å²) in [5.74, 6) is -0.749. The predicted octanol–water partition coefficient (Wildman–Crippen LogP) is 2.29. The lowest BCUT2D eigenvalue weighted by Gasteiger charge is -2.31. The monoisotopic (exact) mass is 320 g/mol. The summed E-state index contributed by atoms with van der Waals surface area (Å²) in [7, 11) is 0. The molecule has 6 nitrogen and oxygen atoms in total. The largest absolute Gasteiger partial charge is 0.323 e. The number of rotatable bonds is 2. The van der Waals surface area contributed by atoms with Crippen LogP contribution in [0.2, 0.25) is 0 Å². The van der Waals surface area contributed by atoms with E-state index in [9.17, 15) is 9.59 Å². The van der Waals surface area contributed by atoms with Gasteiger partial charge in [-0.3, -0.25) is 14.9 Å². The minimum absolute atomic E-state index is 0.343. The lowest BCUT2D eigenvalue weighted by atomic mass is 10.1. The zero-order valence-electron chi connectivity index (χ0n) is 11.3. The molecule has 1 aliphatic rings. The summed E-state index contributed by atoms with van der Waals surface area (Å²) in [5.41, 5.74) is 0.726. The van der Waals surface area contributed by atoms with Crippen LogP contribution in [0.5, 0.6) is 0 Å². The normalized spacial score (nSPS) is 20.6. The maximum absolute atomic E-state index is 12.5. The Kier molecular flexibility index (Phi) is 3.42. The third kappa shape index (κ3) is 2.52. The van der Waals surface area contributed by atoms with Crippen molar-refractivity contribution in [2.24, 2.45) is 0 Å². The van der Waals surface area contributed by atoms with Gasteiger partial charge in [0.1, 0.15) is 5.01 Å². The number of nitrogens with one attached hydrogen (secondary N) is 2. The molecule has 0 bridgehead atoms. The highest BCUT2D eigenvalue weighted by molar-refractivity contribution is 8.02. The Morgan fingerprint density at radius 2 is 2.10 bits per heavy atom. The summed E-state index contributed by atoms with van der Waals surface area (Å²) in [4.78, 5) is 25.6. The van der Waals surface area contributed by atoms with Crippen LogP contribution in [-0.2, 0) is 9.59 Å². The summed E-state index contributed by atoms with van der Waals surface area (Å²) < 4.78 is -1.24. The van der Waals surface area contributed by atoms with E-state index < -0.39 is 10.7 Å². The van der Waals surface area contributed by atoms with Crippen molar-refractivity contribution in [3.8, 4) is 0 Å². The molecular weight excluding hydrogens is 308 g/mol. The average molecular weight is 320 g/mol. The Labute approximate surface area is 129 Å². The quantitative estimate of drug-likeness (QED) is 0.829. The highest BCUT2D eigenvalue weighted by atomic mass is 32.2. The summed E-state index contributed by atoms with van der Waals surface area (Å²) in [6.07, 6.45) is 0. The Hall–Kier alpha value is -1.93. The first-order chi connectivity index (χ1) is 9.99. The van der Waals surface area contributed by atoms with Crippen molar-refractivity contribution in [3.63, 3.8) is 0 Å². The van der Waals surface area contributed by atoms with E-state index in [-0.39, 0.29) is 5.91 Å². The van der Waals surface area contributed by atoms with Crippen molar-refractivity contribution in [1.29, 1.82) is 0 Å². The number of carbonyl (C=O) groups is 2. The topological polar surface area (TPSA) is 84.0 Å². The van der Waals surface area contributed by atoms with E-state index in [1.807, 2.05) is 24.3 Å². The molecular formula is C13H12N4O2S2. The number of carbonyl (C=O) groups excluding carboxylic acids is 2. The molecule has 1 aromatic heterocycles. The molecule has 0 fully saturated rings. The van der Waals surface area contributed by atoms with Crippen molar-refractivity contribution >= 4 is 45.7 Å². The minimum Gasteiger partial charge on any atom is -0.323 e. The molecule has 0 radical (unpaired) electrons. The second kappa shape index (κ2) is 5.12. The van der Waals surface area contributed by atoms with E-state index in [1.54, 1.807) is 13.8 Å². The van der Waals surface area contributed by atoms with E-state index in [1.165, 1.54) is 23.1 Å². The van der Waals surface area contributed by atoms with Crippen molar-refractivity contribution in [2.45, 2.75) is 23.5 Å². The molecule has 1 aliphatic heterocycles. The molecule has 3 rings (SSSR count). The standard InChI is InChI=1S/C13H12N4O2S2/c1-7-16-17-12(20-7)15-11(19)13(2)10(18)14-8-5-3-4-6-9(8)21-13/h3-6H,1-2H3,(H,14,18)(H,15,17,19). The molecule has 0 saturated carbocycles. The first-order valence-electron chi connectivity index (χ1n) is 6.20. The zero-order valence-corrected chi connectivity index (χ0v) is 13.0. The number of amides is 2. The van der Waals surface area contributed by atoms with Crippen LogP contribution in [0.1, 0.15) is 11.9 Å². The highest BCUT2D eigenvalue weighted by Gasteiger charge is 2.46. The molecule has 0 aliphatic carbocycles. The van der Waals surface area contributed by atoms with E-state index in [2.05, 4.69) is 20.8 Å². The molecule has 1 atom stereocenters. The molecule has 2 heterocycles. The van der Waals surface area contributed by atoms with Crippen LogP contribution in [0.25, 0.3) is 0 Å². The van der Waals surface area contributed by atoms with Gasteiger partial charge in [0, 0.05) is 4.90 Å². The smallest absolute Gasteiger partial charge is 0.252 e. The van der Waals surface area contributed by atoms with Gasteiger partial charge in [-0.2, -0.15) is 0 Å². The number of aryl methyl sites for hydroxylation is 1. The van der Waals surface area contributed by atoms with Crippen LogP contribution in [0.3, 0.4) is 0 Å². The summed E-state index contributed by atoms with van der Waals surface area (Å²) >= 11 is 2.50. The molecule has 8 heteroatoms. The van der Waals surface area contributed by atoms with Gasteiger partial charge in [0.2, 0.25) is 11.0 Å². The molecule has 0 spiro atoms. The van der Waals surface area contributed by atoms with E-state index >= 15 is 0 Å². The van der Waals surface area contributed by atoms with Crippen LogP contribution in [0.15, 0.2) is 29.2 Å². The molecule has 2 amide bonds. The predicted molar refractivity (Wildman–Crippen MR) is 82.6 cm³/mol. The minimum atomic E-state index is -1.24. The highest BCUT2D eigenvalue weighted by Crippen LogP contribution is 2.42. The summed E-state index contributed by atoms with van der Waals surface area (Å²) in [6, 6.07) is 7.40. The second-order valence-electron chi connectivity index (χ2n) is 4.67. The van der Waals surface area contributed by atoms with E-state index in [0.717, 1.165) is 15.6 Å². The number of nitrogens with zero attached hydrogens (tertiary/aromatic N) is 2. The number of para-hydroxylation sites is 1. The molecule has 108 valence electrons. The van der Waals surface area contributed by atoms with E-state index in [0.29, 0.717) is 5.13 Å². The van der Waals surface area contributed by atoms with Gasteiger partial charge >= 0.3 is 0 Å². The van der Waals surface area contributed by atoms with Gasteiger partial charge in [-0.25, -0.2) is 0 Å². The van der Waals surface area contributed by atoms with Gasteiger partial charge in [-0.15, -0.1) is 10.2 Å². The Bertz CT molecular complexity index is 730. The lowest BCUT2D eigenvalue weighted by molar-refractivity contribution is -0.126. The first-order valence-corrected chi connectivity index (χ1v) is 7.83. The fourth-order valence-electron chi connectivity index (χ4n) is 1.88. The zero-order chi connectivity index (χ0) is 15.0. The maximum Gasteiger partial charge on any atom is 0.252 e. The molecule has 2 N–H and O–H groups in total. The lowest BCUT2D eigenvalue weighted by Crippen LogP contribution is -2.49. The fraction of sp³-hybridized carbons (Fsp3) is 0.231. The Balaban J connectivity index is 1.86. The van der Waals surface area contributed by atoms with Gasteiger partial charge in [0.25, 0.3) is 5.91 Å². The molecule has 1 aromatic carbocycles. The number of benzene rings is 1. The second-order valence-corrected chi connectivity index (χ2v) is 7.31. The molecule has 21 heavy (non-hydrogen) atoms. The van der Waals surface area contributed by atoms with Crippen molar-refractivity contribution < 1.29 is 9.59 Å². The third-order valence-corrected chi connectivity index (χ3v) is 5.17. The number of fused-ring (bicyclic) bond motifs is 1. The number of hydrogen-bond acceptors (Lipinski definition) is 6. The van der Waals surface area contributed by atoms with Crippen molar-refractivity contribution in [1.82, 2.24) is 10.2 Å². The SMILES string of the molecule is Cc1nnc(NC(=O)C2(C)Sc3ccccc3NC2=O)s1. The molecule has 1 unspecified atom stereocenters. The number of aromatic nitrogens is 2. The Morgan fingerprint density at radius 1 is 1.33 bits per heavy atom. The molecule has 0 saturated heterocycles. The fourth-order valence-corrected chi connectivity index (χ4v) is 3.57. The van der Waals surface area contributed by atoms with Crippen molar-refractivity contribution in [2.75, 3.05) is 10.6 Å². The maximum atomic E-state index is 12.5. The van der Waals surface area contributed by atoms with Crippen LogP contribution >= 0.6 is 23.1 Å². The van der Waals surface area contributed by atoms with Crippen molar-refractivity contribution in [3.05, 3.63) is 29.3 Å². The molecule has 2 aromatic rings. The summed E-state index contributed by atoms with van der Waals surface area (Å²) in [5, 5.41) is 14.3. The van der Waals surface area contributed by atoms with Gasteiger partial charge in [0.05, 0.1) is 5.69 Å². The summed E-state index contributed by atoms with van der Waals surface area (Å²) in [6.45, 7) is 3.40. The number of hydrogen-bond donors (Lipinski definition) is 2. The van der Waals surface area contributed by atoms with Gasteiger partial charge in [-0.1, -0.05) is 35.2 Å². The van der Waals surface area contributed by atoms with Gasteiger partial charge in [-0.05, 0) is 26.0 Å². The van der Waals surface area contributed by atoms with Crippen LogP contribution in [0, 0.1) is 6.92 Å². The van der Waals surface area contributed by atoms with Gasteiger partial charge in [0.15, 0.2) is 4.75 Å². The van der Waals surface area contributed by atoms with Gasteiger partial charge < -0.3 is 5.32 Å². The average Bonchev–Trinajstić information content (AvgIpc) is 2.85. The first kappa shape index (κ1) is 14.0. The van der Waals surface area contributed by atoms with E-state index in [4.69, 9.17) is 0 Å². The number of thioether (sulfide) groups is 1. The Morgan fingerprint density at radius 3 is 2.81 bits per heavy atom. The van der Waals surface area contributed by atoms with Crippen LogP contribution < -0.4 is 10.6 Å². The van der Waals surface area contributed by atoms with Crippen LogP contribution in [-0.4, -0.2) is 26.8 Å². The number of anilines is 2.